The lowest BCUT2D eigenvalue weighted by Gasteiger charge is -2.28. The van der Waals surface area contributed by atoms with Crippen molar-refractivity contribution in [2.75, 3.05) is 29.5 Å². The standard InChI is InChI=1S/C20H17N3O2S2/c21-13-15-1-3-17(4-2-15)20-22-14-19(26-20)16-5-7-18(8-6-16)23-9-11-27(24,25)12-10-23/h1-8,14H,9-12H2. The summed E-state index contributed by atoms with van der Waals surface area (Å²) in [5.41, 5.74) is 3.76. The molecule has 2 heterocycles. The van der Waals surface area contributed by atoms with Crippen LogP contribution in [0, 0.1) is 11.3 Å². The molecule has 1 fully saturated rings. The Kier molecular flexibility index (Phi) is 4.68. The molecule has 1 aromatic heterocycles. The maximum Gasteiger partial charge on any atom is 0.153 e. The van der Waals surface area contributed by atoms with E-state index in [1.54, 1.807) is 23.5 Å². The molecule has 7 heteroatoms. The SMILES string of the molecule is N#Cc1ccc(-c2ncc(-c3ccc(N4CCS(=O)(=O)CC4)cc3)s2)cc1. The van der Waals surface area contributed by atoms with E-state index in [-0.39, 0.29) is 11.5 Å². The molecule has 0 radical (unpaired) electrons. The van der Waals surface area contributed by atoms with Crippen molar-refractivity contribution in [3.8, 4) is 27.1 Å². The number of nitriles is 1. The summed E-state index contributed by atoms with van der Waals surface area (Å²) in [4.78, 5) is 7.69. The smallest absolute Gasteiger partial charge is 0.153 e. The third-order valence-electron chi connectivity index (χ3n) is 4.63. The van der Waals surface area contributed by atoms with Crippen molar-refractivity contribution in [2.45, 2.75) is 0 Å². The van der Waals surface area contributed by atoms with Gasteiger partial charge >= 0.3 is 0 Å². The first kappa shape index (κ1) is 17.7. The second kappa shape index (κ2) is 7.14. The van der Waals surface area contributed by atoms with E-state index in [1.165, 1.54) is 0 Å². The van der Waals surface area contributed by atoms with Gasteiger partial charge < -0.3 is 4.90 Å². The summed E-state index contributed by atoms with van der Waals surface area (Å²) < 4.78 is 23.1. The van der Waals surface area contributed by atoms with Crippen LogP contribution in [0.5, 0.6) is 0 Å². The van der Waals surface area contributed by atoms with Crippen LogP contribution in [0.4, 0.5) is 5.69 Å². The number of hydrogen-bond acceptors (Lipinski definition) is 6. The summed E-state index contributed by atoms with van der Waals surface area (Å²) in [6.45, 7) is 1.09. The van der Waals surface area contributed by atoms with Crippen LogP contribution in [0.1, 0.15) is 5.56 Å². The highest BCUT2D eigenvalue weighted by Gasteiger charge is 2.21. The molecule has 4 rings (SSSR count). The lowest BCUT2D eigenvalue weighted by molar-refractivity contribution is 0.587. The fourth-order valence-corrected chi connectivity index (χ4v) is 5.16. The topological polar surface area (TPSA) is 74.1 Å². The molecule has 0 amide bonds. The number of rotatable bonds is 3. The van der Waals surface area contributed by atoms with Crippen molar-refractivity contribution in [3.63, 3.8) is 0 Å². The maximum absolute atomic E-state index is 11.6. The Morgan fingerprint density at radius 3 is 2.22 bits per heavy atom. The Balaban J connectivity index is 1.51. The zero-order chi connectivity index (χ0) is 18.9. The van der Waals surface area contributed by atoms with E-state index in [4.69, 9.17) is 5.26 Å². The van der Waals surface area contributed by atoms with Gasteiger partial charge in [-0.1, -0.05) is 24.3 Å². The molecule has 1 aliphatic rings. The minimum atomic E-state index is -2.87. The van der Waals surface area contributed by atoms with Crippen LogP contribution >= 0.6 is 11.3 Å². The molecule has 0 spiro atoms. The predicted octanol–water partition coefficient (Wildman–Crippen LogP) is 3.58. The molecule has 0 atom stereocenters. The number of hydrogen-bond donors (Lipinski definition) is 0. The largest absolute Gasteiger partial charge is 0.369 e. The number of aromatic nitrogens is 1. The number of thiazole rings is 1. The molecular formula is C20H17N3O2S2. The van der Waals surface area contributed by atoms with E-state index in [2.05, 4.69) is 28.1 Å². The third-order valence-corrected chi connectivity index (χ3v) is 7.33. The van der Waals surface area contributed by atoms with Gasteiger partial charge in [-0.25, -0.2) is 13.4 Å². The van der Waals surface area contributed by atoms with Gasteiger partial charge in [0.1, 0.15) is 5.01 Å². The van der Waals surface area contributed by atoms with Crippen molar-refractivity contribution in [3.05, 3.63) is 60.3 Å². The summed E-state index contributed by atoms with van der Waals surface area (Å²) in [5.74, 6) is 0.440. The van der Waals surface area contributed by atoms with Crippen LogP contribution in [0.3, 0.4) is 0 Å². The number of anilines is 1. The molecule has 27 heavy (non-hydrogen) atoms. The van der Waals surface area contributed by atoms with E-state index < -0.39 is 9.84 Å². The van der Waals surface area contributed by atoms with Crippen LogP contribution in [0.2, 0.25) is 0 Å². The predicted molar refractivity (Wildman–Crippen MR) is 109 cm³/mol. The van der Waals surface area contributed by atoms with Crippen molar-refractivity contribution in [1.29, 1.82) is 5.26 Å². The highest BCUT2D eigenvalue weighted by molar-refractivity contribution is 7.91. The van der Waals surface area contributed by atoms with E-state index in [0.29, 0.717) is 18.7 Å². The average molecular weight is 396 g/mol. The molecular weight excluding hydrogens is 378 g/mol. The second-order valence-corrected chi connectivity index (χ2v) is 9.74. The first-order chi connectivity index (χ1) is 13.0. The summed E-state index contributed by atoms with van der Waals surface area (Å²) in [6.07, 6.45) is 1.86. The van der Waals surface area contributed by atoms with E-state index >= 15 is 0 Å². The van der Waals surface area contributed by atoms with Crippen molar-refractivity contribution >= 4 is 26.9 Å². The lowest BCUT2D eigenvalue weighted by atomic mass is 10.1. The van der Waals surface area contributed by atoms with Crippen LogP contribution < -0.4 is 4.90 Å². The quantitative estimate of drug-likeness (QED) is 0.678. The summed E-state index contributed by atoms with van der Waals surface area (Å²) >= 11 is 1.61. The van der Waals surface area contributed by atoms with Crippen molar-refractivity contribution in [1.82, 2.24) is 4.98 Å². The van der Waals surface area contributed by atoms with E-state index in [1.807, 2.05) is 30.5 Å². The fourth-order valence-electron chi connectivity index (χ4n) is 3.04. The molecule has 0 unspecified atom stereocenters. The molecule has 1 saturated heterocycles. The molecule has 136 valence electrons. The first-order valence-corrected chi connectivity index (χ1v) is 11.2. The van der Waals surface area contributed by atoms with Gasteiger partial charge in [-0.3, -0.25) is 0 Å². The third kappa shape index (κ3) is 3.87. The van der Waals surface area contributed by atoms with Gasteiger partial charge in [-0.15, -0.1) is 11.3 Å². The molecule has 0 saturated carbocycles. The number of benzene rings is 2. The molecule has 0 bridgehead atoms. The minimum Gasteiger partial charge on any atom is -0.369 e. The Hall–Kier alpha value is -2.69. The molecule has 1 aliphatic heterocycles. The van der Waals surface area contributed by atoms with Gasteiger partial charge in [0.05, 0.1) is 28.0 Å². The van der Waals surface area contributed by atoms with Crippen LogP contribution in [-0.2, 0) is 9.84 Å². The maximum atomic E-state index is 11.6. The van der Waals surface area contributed by atoms with Crippen LogP contribution in [-0.4, -0.2) is 38.0 Å². The monoisotopic (exact) mass is 395 g/mol. The van der Waals surface area contributed by atoms with Gasteiger partial charge in [0, 0.05) is 30.5 Å². The Bertz CT molecular complexity index is 1080. The second-order valence-electron chi connectivity index (χ2n) is 6.40. The zero-order valence-electron chi connectivity index (χ0n) is 14.5. The lowest BCUT2D eigenvalue weighted by Crippen LogP contribution is -2.40. The van der Waals surface area contributed by atoms with Gasteiger partial charge in [0.2, 0.25) is 0 Å². The summed E-state index contributed by atoms with van der Waals surface area (Å²) in [6, 6.07) is 17.7. The zero-order valence-corrected chi connectivity index (χ0v) is 16.1. The van der Waals surface area contributed by atoms with Gasteiger partial charge in [-0.05, 0) is 29.8 Å². The first-order valence-electron chi connectivity index (χ1n) is 8.56. The molecule has 0 aliphatic carbocycles. The van der Waals surface area contributed by atoms with Crippen molar-refractivity contribution < 1.29 is 8.42 Å². The Morgan fingerprint density at radius 2 is 1.59 bits per heavy atom. The van der Waals surface area contributed by atoms with Crippen LogP contribution in [0.25, 0.3) is 21.0 Å². The van der Waals surface area contributed by atoms with Crippen LogP contribution in [0.15, 0.2) is 54.7 Å². The molecule has 2 aromatic carbocycles. The normalized spacial score (nSPS) is 16.0. The Labute approximate surface area is 162 Å². The highest BCUT2D eigenvalue weighted by Crippen LogP contribution is 2.33. The van der Waals surface area contributed by atoms with Gasteiger partial charge in [0.25, 0.3) is 0 Å². The summed E-state index contributed by atoms with van der Waals surface area (Å²) in [7, 11) is -2.87. The fraction of sp³-hybridized carbons (Fsp3) is 0.200. The van der Waals surface area contributed by atoms with Crippen molar-refractivity contribution in [2.24, 2.45) is 0 Å². The Morgan fingerprint density at radius 1 is 0.963 bits per heavy atom. The minimum absolute atomic E-state index is 0.220. The molecule has 5 nitrogen and oxygen atoms in total. The highest BCUT2D eigenvalue weighted by atomic mass is 32.2. The molecule has 3 aromatic rings. The van der Waals surface area contributed by atoms with Gasteiger partial charge in [0.15, 0.2) is 9.84 Å². The van der Waals surface area contributed by atoms with E-state index in [9.17, 15) is 8.42 Å². The number of sulfone groups is 1. The molecule has 0 N–H and O–H groups in total. The number of nitrogens with zero attached hydrogens (tertiary/aromatic N) is 3. The van der Waals surface area contributed by atoms with Gasteiger partial charge in [-0.2, -0.15) is 5.26 Å². The summed E-state index contributed by atoms with van der Waals surface area (Å²) in [5, 5.41) is 9.81. The average Bonchev–Trinajstić information content (AvgIpc) is 3.18. The van der Waals surface area contributed by atoms with E-state index in [0.717, 1.165) is 26.7 Å².